The molecule has 1 amide bonds. The Kier molecular flexibility index (Phi) is 5.00. The van der Waals surface area contributed by atoms with Crippen LogP contribution in [0.25, 0.3) is 11.4 Å². The number of benzene rings is 2. The number of nitrogens with zero attached hydrogens (tertiary/aromatic N) is 3. The number of aromatic nitrogens is 2. The number of halogens is 5. The average Bonchev–Trinajstić information content (AvgIpc) is 3.31. The average molecular weight is 423 g/mol. The summed E-state index contributed by atoms with van der Waals surface area (Å²) in [6.07, 6.45) is -4.47. The first-order chi connectivity index (χ1) is 14.2. The van der Waals surface area contributed by atoms with Crippen LogP contribution in [-0.2, 0) is 17.5 Å². The maximum Gasteiger partial charge on any atom is 0.416 e. The van der Waals surface area contributed by atoms with E-state index in [0.717, 1.165) is 24.3 Å². The fourth-order valence-electron chi connectivity index (χ4n) is 3.30. The lowest BCUT2D eigenvalue weighted by Gasteiger charge is -2.16. The second-order valence-corrected chi connectivity index (χ2v) is 6.95. The largest absolute Gasteiger partial charge is 0.416 e. The molecule has 1 fully saturated rings. The van der Waals surface area contributed by atoms with Crippen LogP contribution in [0.1, 0.15) is 29.4 Å². The summed E-state index contributed by atoms with van der Waals surface area (Å²) in [5.41, 5.74) is -0.537. The molecule has 0 aliphatic carbocycles. The predicted octanol–water partition coefficient (Wildman–Crippen LogP) is 4.55. The second kappa shape index (κ2) is 7.51. The first-order valence-electron chi connectivity index (χ1n) is 8.93. The molecule has 1 aliphatic heterocycles. The van der Waals surface area contributed by atoms with E-state index >= 15 is 0 Å². The third-order valence-electron chi connectivity index (χ3n) is 4.83. The summed E-state index contributed by atoms with van der Waals surface area (Å²) in [5, 5.41) is 3.73. The van der Waals surface area contributed by atoms with E-state index in [1.807, 2.05) is 0 Å². The molecule has 30 heavy (non-hydrogen) atoms. The van der Waals surface area contributed by atoms with Crippen molar-refractivity contribution >= 4 is 5.91 Å². The van der Waals surface area contributed by atoms with Crippen LogP contribution in [0, 0.1) is 11.6 Å². The van der Waals surface area contributed by atoms with Crippen LogP contribution in [0.2, 0.25) is 0 Å². The number of carbonyl (C=O) groups excluding carboxylic acids is 1. The lowest BCUT2D eigenvalue weighted by atomic mass is 10.1. The molecule has 10 heteroatoms. The third kappa shape index (κ3) is 4.03. The monoisotopic (exact) mass is 423 g/mol. The molecule has 0 spiro atoms. The van der Waals surface area contributed by atoms with Crippen LogP contribution in [-0.4, -0.2) is 27.5 Å². The number of amides is 1. The van der Waals surface area contributed by atoms with Gasteiger partial charge in [-0.1, -0.05) is 23.4 Å². The number of rotatable bonds is 4. The molecule has 1 unspecified atom stereocenters. The summed E-state index contributed by atoms with van der Waals surface area (Å²) in [5.74, 6) is -2.13. The number of hydrogen-bond donors (Lipinski definition) is 0. The SMILES string of the molecule is O=C1CC(c2nc(-c3cccc(C(F)(F)F)c3)no2)CN1Cc1ccc(F)cc1F. The van der Waals surface area contributed by atoms with Crippen LogP contribution in [0.5, 0.6) is 0 Å². The van der Waals surface area contributed by atoms with Crippen molar-refractivity contribution in [3.8, 4) is 11.4 Å². The summed E-state index contributed by atoms with van der Waals surface area (Å²) in [6.45, 7) is 0.121. The van der Waals surface area contributed by atoms with Crippen LogP contribution < -0.4 is 0 Å². The number of likely N-dealkylation sites (tertiary alicyclic amines) is 1. The van der Waals surface area contributed by atoms with Crippen LogP contribution in [0.4, 0.5) is 22.0 Å². The molecule has 1 aromatic heterocycles. The minimum Gasteiger partial charge on any atom is -0.339 e. The van der Waals surface area contributed by atoms with E-state index < -0.39 is 29.3 Å². The normalized spacial score (nSPS) is 17.0. The standard InChI is InChI=1S/C20H14F5N3O2/c21-15-5-4-12(16(22)8-15)9-28-10-13(7-17(28)29)19-26-18(27-30-19)11-2-1-3-14(6-11)20(23,24)25/h1-6,8,13H,7,9-10H2. The van der Waals surface area contributed by atoms with Gasteiger partial charge in [-0.25, -0.2) is 8.78 Å². The Morgan fingerprint density at radius 1 is 1.13 bits per heavy atom. The summed E-state index contributed by atoms with van der Waals surface area (Å²) >= 11 is 0. The first kappa shape index (κ1) is 20.0. The molecule has 1 saturated heterocycles. The van der Waals surface area contributed by atoms with Crippen molar-refractivity contribution in [3.05, 3.63) is 71.1 Å². The van der Waals surface area contributed by atoms with Crippen molar-refractivity contribution in [2.45, 2.75) is 25.1 Å². The quantitative estimate of drug-likeness (QED) is 0.578. The molecule has 2 heterocycles. The molecule has 156 valence electrons. The molecule has 4 rings (SSSR count). The van der Waals surface area contributed by atoms with Crippen molar-refractivity contribution in [1.82, 2.24) is 15.0 Å². The Morgan fingerprint density at radius 2 is 1.93 bits per heavy atom. The molecular weight excluding hydrogens is 409 g/mol. The third-order valence-corrected chi connectivity index (χ3v) is 4.83. The second-order valence-electron chi connectivity index (χ2n) is 6.95. The highest BCUT2D eigenvalue weighted by Gasteiger charge is 2.35. The molecule has 3 aromatic rings. The van der Waals surface area contributed by atoms with Gasteiger partial charge in [0.25, 0.3) is 0 Å². The maximum absolute atomic E-state index is 13.9. The number of alkyl halides is 3. The zero-order chi connectivity index (χ0) is 21.5. The van der Waals surface area contributed by atoms with Crippen LogP contribution in [0.15, 0.2) is 47.0 Å². The van der Waals surface area contributed by atoms with Gasteiger partial charge in [0, 0.05) is 36.7 Å². The maximum atomic E-state index is 13.9. The van der Waals surface area contributed by atoms with Gasteiger partial charge in [-0.05, 0) is 18.2 Å². The fraction of sp³-hybridized carbons (Fsp3) is 0.250. The van der Waals surface area contributed by atoms with Crippen molar-refractivity contribution < 1.29 is 31.3 Å². The Hall–Kier alpha value is -3.30. The van der Waals surface area contributed by atoms with Gasteiger partial charge in [-0.2, -0.15) is 18.2 Å². The highest BCUT2D eigenvalue weighted by atomic mass is 19.4. The van der Waals surface area contributed by atoms with E-state index in [1.54, 1.807) is 0 Å². The Morgan fingerprint density at radius 3 is 2.67 bits per heavy atom. The minimum absolute atomic E-state index is 0.0217. The topological polar surface area (TPSA) is 59.2 Å². The Labute approximate surface area is 167 Å². The highest BCUT2D eigenvalue weighted by molar-refractivity contribution is 5.79. The Bertz CT molecular complexity index is 1100. The minimum atomic E-state index is -4.50. The van der Waals surface area contributed by atoms with Gasteiger partial charge in [0.05, 0.1) is 11.5 Å². The van der Waals surface area contributed by atoms with Crippen molar-refractivity contribution in [2.75, 3.05) is 6.54 Å². The molecule has 0 radical (unpaired) electrons. The molecule has 1 aliphatic rings. The molecule has 1 atom stereocenters. The summed E-state index contributed by atoms with van der Waals surface area (Å²) in [6, 6.07) is 7.64. The highest BCUT2D eigenvalue weighted by Crippen LogP contribution is 2.33. The van der Waals surface area contributed by atoms with Crippen molar-refractivity contribution in [3.63, 3.8) is 0 Å². The molecule has 0 saturated carbocycles. The fourth-order valence-corrected chi connectivity index (χ4v) is 3.30. The summed E-state index contributed by atoms with van der Waals surface area (Å²) in [7, 11) is 0. The van der Waals surface area contributed by atoms with E-state index in [0.29, 0.717) is 0 Å². The van der Waals surface area contributed by atoms with E-state index in [2.05, 4.69) is 10.1 Å². The van der Waals surface area contributed by atoms with Crippen molar-refractivity contribution in [1.29, 1.82) is 0 Å². The van der Waals surface area contributed by atoms with Crippen molar-refractivity contribution in [2.24, 2.45) is 0 Å². The van der Waals surface area contributed by atoms with Gasteiger partial charge < -0.3 is 9.42 Å². The number of hydrogen-bond acceptors (Lipinski definition) is 4. The van der Waals surface area contributed by atoms with Gasteiger partial charge in [0.15, 0.2) is 0 Å². The van der Waals surface area contributed by atoms with E-state index in [4.69, 9.17) is 4.52 Å². The summed E-state index contributed by atoms with van der Waals surface area (Å²) in [4.78, 5) is 17.8. The van der Waals surface area contributed by atoms with Gasteiger partial charge in [0.1, 0.15) is 11.6 Å². The van der Waals surface area contributed by atoms with Gasteiger partial charge in [-0.3, -0.25) is 4.79 Å². The number of carbonyl (C=O) groups is 1. The predicted molar refractivity (Wildman–Crippen MR) is 93.9 cm³/mol. The van der Waals surface area contributed by atoms with Gasteiger partial charge in [-0.15, -0.1) is 0 Å². The molecule has 0 bridgehead atoms. The molecule has 0 N–H and O–H groups in total. The van der Waals surface area contributed by atoms with Gasteiger partial charge in [0.2, 0.25) is 17.6 Å². The zero-order valence-corrected chi connectivity index (χ0v) is 15.3. The Balaban J connectivity index is 1.50. The van der Waals surface area contributed by atoms with E-state index in [-0.39, 0.29) is 48.3 Å². The molecule has 5 nitrogen and oxygen atoms in total. The molecule has 2 aromatic carbocycles. The van der Waals surface area contributed by atoms with Gasteiger partial charge >= 0.3 is 6.18 Å². The van der Waals surface area contributed by atoms with Crippen LogP contribution >= 0.6 is 0 Å². The zero-order valence-electron chi connectivity index (χ0n) is 15.3. The summed E-state index contributed by atoms with van der Waals surface area (Å²) < 4.78 is 70.8. The lowest BCUT2D eigenvalue weighted by Crippen LogP contribution is -2.25. The first-order valence-corrected chi connectivity index (χ1v) is 8.93. The lowest BCUT2D eigenvalue weighted by molar-refractivity contribution is -0.137. The molecular formula is C20H14F5N3O2. The van der Waals surface area contributed by atoms with E-state index in [9.17, 15) is 26.7 Å². The smallest absolute Gasteiger partial charge is 0.339 e. The van der Waals surface area contributed by atoms with Crippen LogP contribution in [0.3, 0.4) is 0 Å². The van der Waals surface area contributed by atoms with E-state index in [1.165, 1.54) is 23.1 Å².